The van der Waals surface area contributed by atoms with Crippen molar-refractivity contribution < 1.29 is 13.2 Å². The molecule has 1 aliphatic heterocycles. The van der Waals surface area contributed by atoms with E-state index in [1.807, 2.05) is 6.92 Å². The van der Waals surface area contributed by atoms with E-state index in [0.29, 0.717) is 18.5 Å². The molecular weight excluding hydrogens is 316 g/mol. The van der Waals surface area contributed by atoms with Crippen molar-refractivity contribution in [3.8, 4) is 0 Å². The number of fused-ring (bicyclic) bond motifs is 1. The Balaban J connectivity index is 2.01. The third kappa shape index (κ3) is 4.52. The molecule has 0 fully saturated rings. The molecule has 2 rings (SSSR count). The molecule has 0 bridgehead atoms. The van der Waals surface area contributed by atoms with Crippen LogP contribution >= 0.6 is 0 Å². The van der Waals surface area contributed by atoms with Gasteiger partial charge >= 0.3 is 0 Å². The minimum absolute atomic E-state index is 0.0392. The van der Waals surface area contributed by atoms with E-state index >= 15 is 0 Å². The molecule has 2 unspecified atom stereocenters. The number of nitrogens with zero attached hydrogens (tertiary/aromatic N) is 1. The lowest BCUT2D eigenvalue weighted by molar-refractivity contribution is -0.121. The molecule has 1 amide bonds. The average Bonchev–Trinajstić information content (AvgIpc) is 2.70. The molecule has 1 heterocycles. The van der Waals surface area contributed by atoms with Gasteiger partial charge in [-0.2, -0.15) is 0 Å². The minimum atomic E-state index is -3.55. The molecule has 0 aliphatic carbocycles. The van der Waals surface area contributed by atoms with Crippen LogP contribution in [0.4, 0.5) is 0 Å². The van der Waals surface area contributed by atoms with Crippen LogP contribution in [0.5, 0.6) is 0 Å². The molecule has 0 saturated heterocycles. The second kappa shape index (κ2) is 7.10. The molecule has 8 heteroatoms. The Labute approximate surface area is 136 Å². The Hall–Kier alpha value is -1.93. The molecule has 1 aromatic rings. The number of amides is 1. The molecular formula is C15H22N4O3S. The highest BCUT2D eigenvalue weighted by Crippen LogP contribution is 2.22. The largest absolute Gasteiger partial charge is 0.356 e. The normalized spacial score (nSPS) is 19.7. The summed E-state index contributed by atoms with van der Waals surface area (Å²) in [5.41, 5.74) is 6.16. The van der Waals surface area contributed by atoms with Gasteiger partial charge in [0.1, 0.15) is 5.84 Å². The first-order valence-electron chi connectivity index (χ1n) is 7.52. The van der Waals surface area contributed by atoms with E-state index in [-0.39, 0.29) is 35.1 Å². The van der Waals surface area contributed by atoms with Crippen LogP contribution in [0.1, 0.15) is 32.3 Å². The van der Waals surface area contributed by atoms with Gasteiger partial charge in [0.05, 0.1) is 10.9 Å². The van der Waals surface area contributed by atoms with Gasteiger partial charge in [-0.1, -0.05) is 12.1 Å². The Morgan fingerprint density at radius 3 is 2.74 bits per heavy atom. The molecule has 1 aromatic carbocycles. The van der Waals surface area contributed by atoms with Crippen LogP contribution in [-0.4, -0.2) is 38.8 Å². The number of hydrogen-bond donors (Lipinski definition) is 3. The van der Waals surface area contributed by atoms with Crippen molar-refractivity contribution in [1.82, 2.24) is 10.0 Å². The molecule has 23 heavy (non-hydrogen) atoms. The molecule has 7 nitrogen and oxygen atoms in total. The third-order valence-corrected chi connectivity index (χ3v) is 4.81. The fourth-order valence-electron chi connectivity index (χ4n) is 2.28. The number of nitrogens with one attached hydrogen (secondary N) is 2. The fraction of sp³-hybridized carbons (Fsp3) is 0.467. The number of carbonyl (C=O) groups is 1. The van der Waals surface area contributed by atoms with E-state index in [4.69, 9.17) is 5.73 Å². The number of carbonyl (C=O) groups excluding carboxylic acids is 1. The molecule has 0 aromatic heterocycles. The van der Waals surface area contributed by atoms with Crippen molar-refractivity contribution >= 4 is 21.8 Å². The van der Waals surface area contributed by atoms with E-state index in [1.165, 1.54) is 6.07 Å². The van der Waals surface area contributed by atoms with Crippen LogP contribution in [-0.2, 0) is 14.8 Å². The Morgan fingerprint density at radius 1 is 1.35 bits per heavy atom. The fourth-order valence-corrected chi connectivity index (χ4v) is 3.51. The topological polar surface area (TPSA) is 114 Å². The molecule has 0 radical (unpaired) electrons. The highest BCUT2D eigenvalue weighted by molar-refractivity contribution is 7.90. The summed E-state index contributed by atoms with van der Waals surface area (Å²) in [6.07, 6.45) is 0.897. The second-order valence-corrected chi connectivity index (χ2v) is 7.40. The Morgan fingerprint density at radius 2 is 2.04 bits per heavy atom. The lowest BCUT2D eigenvalue weighted by Crippen LogP contribution is -2.31. The van der Waals surface area contributed by atoms with Gasteiger partial charge in [-0.25, -0.2) is 8.42 Å². The maximum atomic E-state index is 12.0. The maximum Gasteiger partial charge on any atom is 0.263 e. The average molecular weight is 338 g/mol. The minimum Gasteiger partial charge on any atom is -0.356 e. The van der Waals surface area contributed by atoms with Gasteiger partial charge in [-0.15, -0.1) is 0 Å². The monoisotopic (exact) mass is 338 g/mol. The first-order chi connectivity index (χ1) is 10.8. The molecule has 4 N–H and O–H groups in total. The van der Waals surface area contributed by atoms with Crippen LogP contribution in [0, 0.1) is 0 Å². The van der Waals surface area contributed by atoms with Gasteiger partial charge < -0.3 is 11.1 Å². The number of amidine groups is 1. The highest BCUT2D eigenvalue weighted by Gasteiger charge is 2.30. The van der Waals surface area contributed by atoms with Gasteiger partial charge in [-0.05, 0) is 32.4 Å². The van der Waals surface area contributed by atoms with Gasteiger partial charge in [0.25, 0.3) is 10.0 Å². The predicted molar refractivity (Wildman–Crippen MR) is 88.7 cm³/mol. The number of nitrogens with two attached hydrogens (primary N) is 1. The Bertz CT molecular complexity index is 713. The van der Waals surface area contributed by atoms with Crippen molar-refractivity contribution in [2.45, 2.75) is 43.7 Å². The zero-order chi connectivity index (χ0) is 17.0. The first kappa shape index (κ1) is 17.4. The SMILES string of the molecule is CC(N)CCNC(=O)CC(C)N=C1NS(=O)(=O)c2ccccc21. The number of sulfonamides is 1. The van der Waals surface area contributed by atoms with E-state index in [1.54, 1.807) is 25.1 Å². The lowest BCUT2D eigenvalue weighted by Gasteiger charge is -2.10. The van der Waals surface area contributed by atoms with Crippen LogP contribution in [0.15, 0.2) is 34.2 Å². The van der Waals surface area contributed by atoms with Crippen molar-refractivity contribution in [2.24, 2.45) is 10.7 Å². The number of hydrogen-bond acceptors (Lipinski definition) is 5. The summed E-state index contributed by atoms with van der Waals surface area (Å²) in [5.74, 6) is 0.160. The second-order valence-electron chi connectivity index (χ2n) is 5.75. The zero-order valence-electron chi connectivity index (χ0n) is 13.2. The predicted octanol–water partition coefficient (Wildman–Crippen LogP) is 0.357. The highest BCUT2D eigenvalue weighted by atomic mass is 32.2. The summed E-state index contributed by atoms with van der Waals surface area (Å²) in [6.45, 7) is 4.17. The van der Waals surface area contributed by atoms with E-state index in [9.17, 15) is 13.2 Å². The van der Waals surface area contributed by atoms with Gasteiger partial charge in [-0.3, -0.25) is 14.5 Å². The maximum absolute atomic E-state index is 12.0. The van der Waals surface area contributed by atoms with Crippen LogP contribution in [0.2, 0.25) is 0 Å². The summed E-state index contributed by atoms with van der Waals surface area (Å²) < 4.78 is 26.4. The van der Waals surface area contributed by atoms with E-state index in [2.05, 4.69) is 15.0 Å². The molecule has 1 aliphatic rings. The smallest absolute Gasteiger partial charge is 0.263 e. The summed E-state index contributed by atoms with van der Waals surface area (Å²) in [5, 5.41) is 2.78. The molecule has 0 saturated carbocycles. The van der Waals surface area contributed by atoms with E-state index in [0.717, 1.165) is 0 Å². The number of aliphatic imine (C=N–C) groups is 1. The quantitative estimate of drug-likeness (QED) is 0.695. The molecule has 126 valence electrons. The van der Waals surface area contributed by atoms with Gasteiger partial charge in [0.15, 0.2) is 0 Å². The number of rotatable bonds is 6. The van der Waals surface area contributed by atoms with Crippen molar-refractivity contribution in [3.05, 3.63) is 29.8 Å². The lowest BCUT2D eigenvalue weighted by atomic mass is 10.2. The first-order valence-corrected chi connectivity index (χ1v) is 9.00. The number of benzene rings is 1. The van der Waals surface area contributed by atoms with Crippen LogP contribution < -0.4 is 15.8 Å². The zero-order valence-corrected chi connectivity index (χ0v) is 14.1. The van der Waals surface area contributed by atoms with Crippen molar-refractivity contribution in [1.29, 1.82) is 0 Å². The summed E-state index contributed by atoms with van der Waals surface area (Å²) in [6, 6.07) is 6.34. The molecule has 2 atom stereocenters. The van der Waals surface area contributed by atoms with Crippen LogP contribution in [0.25, 0.3) is 0 Å². The summed E-state index contributed by atoms with van der Waals surface area (Å²) >= 11 is 0. The van der Waals surface area contributed by atoms with Crippen LogP contribution in [0.3, 0.4) is 0 Å². The van der Waals surface area contributed by atoms with Gasteiger partial charge in [0.2, 0.25) is 5.91 Å². The third-order valence-electron chi connectivity index (χ3n) is 3.41. The van der Waals surface area contributed by atoms with Gasteiger partial charge in [0, 0.05) is 24.6 Å². The van der Waals surface area contributed by atoms with E-state index < -0.39 is 10.0 Å². The standard InChI is InChI=1S/C15H22N4O3S/c1-10(16)7-8-17-14(20)9-11(2)18-15-12-5-3-4-6-13(12)23(21,22)19-15/h3-6,10-11H,7-9,16H2,1-2H3,(H,17,20)(H,18,19). The Kier molecular flexibility index (Phi) is 5.38. The van der Waals surface area contributed by atoms with Crippen molar-refractivity contribution in [3.63, 3.8) is 0 Å². The summed E-state index contributed by atoms with van der Waals surface area (Å²) in [4.78, 5) is 16.4. The molecule has 0 spiro atoms. The van der Waals surface area contributed by atoms with Crippen molar-refractivity contribution in [2.75, 3.05) is 6.54 Å². The summed E-state index contributed by atoms with van der Waals surface area (Å²) in [7, 11) is -3.55.